The highest BCUT2D eigenvalue weighted by Gasteiger charge is 2.41. The molecule has 206 valence electrons. The Kier molecular flexibility index (Phi) is 8.86. The molecule has 3 aromatic rings. The Morgan fingerprint density at radius 1 is 1.02 bits per heavy atom. The van der Waals surface area contributed by atoms with Crippen molar-refractivity contribution in [1.82, 2.24) is 4.90 Å². The summed E-state index contributed by atoms with van der Waals surface area (Å²) < 4.78 is 11.3. The molecule has 0 spiro atoms. The molecular weight excluding hydrogens is 522 g/mol. The average Bonchev–Trinajstić information content (AvgIpc) is 3.27. The number of benzene rings is 3. The molecule has 0 bridgehead atoms. The van der Waals surface area contributed by atoms with Gasteiger partial charge in [0.2, 0.25) is 0 Å². The number of hydrogen-bond acceptors (Lipinski definition) is 6. The molecule has 1 heterocycles. The van der Waals surface area contributed by atoms with Crippen LogP contribution in [-0.4, -0.2) is 41.6 Å². The second-order valence-corrected chi connectivity index (χ2v) is 11.0. The van der Waals surface area contributed by atoms with E-state index in [1.165, 1.54) is 18.2 Å². The summed E-state index contributed by atoms with van der Waals surface area (Å²) in [6.45, 7) is 2.07. The van der Waals surface area contributed by atoms with Crippen LogP contribution in [0.5, 0.6) is 11.5 Å². The minimum absolute atomic E-state index is 0.0182. The number of nitrogens with one attached hydrogen (secondary N) is 1. The van der Waals surface area contributed by atoms with Gasteiger partial charge in [-0.3, -0.25) is 14.5 Å². The van der Waals surface area contributed by atoms with Gasteiger partial charge < -0.3 is 14.8 Å². The van der Waals surface area contributed by atoms with E-state index < -0.39 is 0 Å². The van der Waals surface area contributed by atoms with Gasteiger partial charge in [-0.05, 0) is 78.6 Å². The summed E-state index contributed by atoms with van der Waals surface area (Å²) in [7, 11) is 1.55. The Bertz CT molecular complexity index is 1410. The average molecular weight is 556 g/mol. The number of methoxy groups -OCH3 is 1. The number of anilines is 1. The first-order chi connectivity index (χ1) is 19.5. The van der Waals surface area contributed by atoms with Crippen LogP contribution in [0.3, 0.4) is 0 Å². The second-order valence-electron chi connectivity index (χ2n) is 9.96. The number of amidine groups is 1. The fourth-order valence-electron chi connectivity index (χ4n) is 5.06. The third kappa shape index (κ3) is 6.57. The minimum Gasteiger partial charge on any atom is -0.493 e. The summed E-state index contributed by atoms with van der Waals surface area (Å²) in [4.78, 5) is 33.5. The van der Waals surface area contributed by atoms with E-state index in [0.717, 1.165) is 35.7 Å². The van der Waals surface area contributed by atoms with Gasteiger partial charge in [-0.15, -0.1) is 0 Å². The van der Waals surface area contributed by atoms with Crippen molar-refractivity contribution >= 4 is 46.2 Å². The van der Waals surface area contributed by atoms with E-state index in [0.29, 0.717) is 28.0 Å². The maximum Gasteiger partial charge on any atom is 0.267 e. The van der Waals surface area contributed by atoms with Crippen molar-refractivity contribution in [2.24, 2.45) is 10.9 Å². The first-order valence-electron chi connectivity index (χ1n) is 13.5. The monoisotopic (exact) mass is 555 g/mol. The predicted octanol–water partition coefficient (Wildman–Crippen LogP) is 6.90. The number of para-hydroxylation sites is 2. The van der Waals surface area contributed by atoms with Crippen molar-refractivity contribution in [3.05, 3.63) is 89.3 Å². The molecule has 40 heavy (non-hydrogen) atoms. The highest BCUT2D eigenvalue weighted by Crippen LogP contribution is 2.40. The third-order valence-electron chi connectivity index (χ3n) is 7.12. The summed E-state index contributed by atoms with van der Waals surface area (Å²) in [5.41, 5.74) is 2.33. The molecule has 3 aromatic carbocycles. The molecule has 0 unspecified atom stereocenters. The number of aliphatic imine (C=N–C) groups is 1. The maximum absolute atomic E-state index is 13.8. The molecule has 0 aromatic heterocycles. The van der Waals surface area contributed by atoms with Crippen molar-refractivity contribution in [2.75, 3.05) is 19.0 Å². The quantitative estimate of drug-likeness (QED) is 0.306. The molecule has 7 nitrogen and oxygen atoms in total. The first kappa shape index (κ1) is 27.5. The van der Waals surface area contributed by atoms with Crippen LogP contribution in [0.25, 0.3) is 6.08 Å². The molecule has 2 amide bonds. The molecule has 1 aliphatic heterocycles. The Morgan fingerprint density at radius 3 is 2.48 bits per heavy atom. The van der Waals surface area contributed by atoms with Crippen LogP contribution in [0.1, 0.15) is 38.2 Å². The maximum atomic E-state index is 13.8. The fraction of sp³-hybridized carbons (Fsp3) is 0.281. The molecule has 5 rings (SSSR count). The van der Waals surface area contributed by atoms with Crippen LogP contribution in [0, 0.1) is 5.92 Å². The van der Waals surface area contributed by atoms with E-state index in [9.17, 15) is 9.59 Å². The second kappa shape index (κ2) is 12.9. The van der Waals surface area contributed by atoms with Crippen LogP contribution in [-0.2, 0) is 9.59 Å². The highest BCUT2D eigenvalue weighted by atomic mass is 32.2. The largest absolute Gasteiger partial charge is 0.493 e. The van der Waals surface area contributed by atoms with Crippen molar-refractivity contribution in [3.8, 4) is 11.5 Å². The topological polar surface area (TPSA) is 80.2 Å². The Labute approximate surface area is 239 Å². The van der Waals surface area contributed by atoms with Gasteiger partial charge in [0.15, 0.2) is 23.3 Å². The molecule has 1 aliphatic carbocycles. The van der Waals surface area contributed by atoms with Crippen LogP contribution in [0.2, 0.25) is 0 Å². The van der Waals surface area contributed by atoms with E-state index in [1.54, 1.807) is 13.2 Å². The number of hydrogen-bond donors (Lipinski definition) is 1. The van der Waals surface area contributed by atoms with Gasteiger partial charge in [-0.2, -0.15) is 0 Å². The molecule has 2 atom stereocenters. The zero-order chi connectivity index (χ0) is 27.9. The van der Waals surface area contributed by atoms with Gasteiger partial charge in [-0.25, -0.2) is 4.99 Å². The lowest BCUT2D eigenvalue weighted by Gasteiger charge is -2.35. The van der Waals surface area contributed by atoms with Gasteiger partial charge in [0.25, 0.3) is 11.8 Å². The molecule has 1 N–H and O–H groups in total. The van der Waals surface area contributed by atoms with Crippen molar-refractivity contribution in [3.63, 3.8) is 0 Å². The smallest absolute Gasteiger partial charge is 0.267 e. The number of carbonyl (C=O) groups is 2. The Morgan fingerprint density at radius 2 is 1.75 bits per heavy atom. The van der Waals surface area contributed by atoms with Crippen LogP contribution in [0.15, 0.2) is 88.8 Å². The SMILES string of the molecule is COc1cc(/C=C2\SC(=Nc3ccccc3)N([C@H]3CCCC[C@@H]3C)C2=O)ccc1OCC(=O)Nc1ccccc1. The fourth-order valence-corrected chi connectivity index (χ4v) is 6.10. The van der Waals surface area contributed by atoms with Crippen LogP contribution >= 0.6 is 11.8 Å². The standard InChI is InChI=1S/C32H33N3O4S/c1-22-11-9-10-16-26(22)35-31(37)29(40-32(35)34-25-14-7-4-8-15-25)20-23-17-18-27(28(19-23)38-2)39-21-30(36)33-24-12-5-3-6-13-24/h3-8,12-15,17-20,22,26H,9-11,16,21H2,1-2H3,(H,33,36)/b29-20-,34-32?/t22-,26-/m0/s1. The highest BCUT2D eigenvalue weighted by molar-refractivity contribution is 8.18. The number of nitrogens with zero attached hydrogens (tertiary/aromatic N) is 2. The van der Waals surface area contributed by atoms with E-state index in [4.69, 9.17) is 14.5 Å². The summed E-state index contributed by atoms with van der Waals surface area (Å²) in [6.07, 6.45) is 6.27. The predicted molar refractivity (Wildman–Crippen MR) is 161 cm³/mol. The van der Waals surface area contributed by atoms with Crippen molar-refractivity contribution in [1.29, 1.82) is 0 Å². The molecule has 2 fully saturated rings. The van der Waals surface area contributed by atoms with E-state index in [2.05, 4.69) is 12.2 Å². The van der Waals surface area contributed by atoms with Crippen LogP contribution < -0.4 is 14.8 Å². The van der Waals surface area contributed by atoms with Gasteiger partial charge in [-0.1, -0.05) is 62.2 Å². The number of amides is 2. The van der Waals surface area contributed by atoms with Crippen molar-refractivity contribution in [2.45, 2.75) is 38.6 Å². The third-order valence-corrected chi connectivity index (χ3v) is 8.10. The summed E-state index contributed by atoms with van der Waals surface area (Å²) >= 11 is 1.41. The molecule has 0 radical (unpaired) electrons. The van der Waals surface area contributed by atoms with Gasteiger partial charge in [0.1, 0.15) is 0 Å². The van der Waals surface area contributed by atoms with E-state index >= 15 is 0 Å². The number of carbonyl (C=O) groups excluding carboxylic acids is 2. The summed E-state index contributed by atoms with van der Waals surface area (Å²) in [6, 6.07) is 24.5. The minimum atomic E-state index is -0.269. The molecule has 8 heteroatoms. The molecular formula is C32H33N3O4S. The summed E-state index contributed by atoms with van der Waals surface area (Å²) in [5, 5.41) is 3.52. The number of thioether (sulfide) groups is 1. The van der Waals surface area contributed by atoms with Gasteiger partial charge in [0.05, 0.1) is 17.7 Å². The number of ether oxygens (including phenoxy) is 2. The molecule has 2 aliphatic rings. The van der Waals surface area contributed by atoms with E-state index in [1.807, 2.05) is 83.8 Å². The van der Waals surface area contributed by atoms with E-state index in [-0.39, 0.29) is 24.5 Å². The first-order valence-corrected chi connectivity index (χ1v) is 14.4. The number of rotatable bonds is 8. The zero-order valence-electron chi connectivity index (χ0n) is 22.7. The lowest BCUT2D eigenvalue weighted by molar-refractivity contribution is -0.125. The Balaban J connectivity index is 1.35. The van der Waals surface area contributed by atoms with Gasteiger partial charge in [0, 0.05) is 11.7 Å². The zero-order valence-corrected chi connectivity index (χ0v) is 23.5. The Hall–Kier alpha value is -4.04. The molecule has 1 saturated carbocycles. The molecule has 1 saturated heterocycles. The lowest BCUT2D eigenvalue weighted by atomic mass is 9.85. The van der Waals surface area contributed by atoms with Crippen molar-refractivity contribution < 1.29 is 19.1 Å². The van der Waals surface area contributed by atoms with Gasteiger partial charge >= 0.3 is 0 Å². The van der Waals surface area contributed by atoms with Crippen LogP contribution in [0.4, 0.5) is 11.4 Å². The summed E-state index contributed by atoms with van der Waals surface area (Å²) in [5.74, 6) is 1.05. The lowest BCUT2D eigenvalue weighted by Crippen LogP contribution is -2.44. The normalized spacial score (nSPS) is 21.1.